The zero-order chi connectivity index (χ0) is 14.5. The highest BCUT2D eigenvalue weighted by molar-refractivity contribution is 5.89. The maximum Gasteiger partial charge on any atom is 0.322 e. The summed E-state index contributed by atoms with van der Waals surface area (Å²) >= 11 is 0. The first-order valence-corrected chi connectivity index (χ1v) is 8.30. The number of carbonyl (C=O) groups excluding carboxylic acids is 1. The molecule has 1 aliphatic heterocycles. The first kappa shape index (κ1) is 14.4. The van der Waals surface area contributed by atoms with Crippen molar-refractivity contribution in [3.05, 3.63) is 24.5 Å². The Kier molecular flexibility index (Phi) is 4.73. The first-order valence-electron chi connectivity index (χ1n) is 8.30. The van der Waals surface area contributed by atoms with Crippen molar-refractivity contribution in [2.24, 2.45) is 5.92 Å². The molecule has 1 unspecified atom stereocenters. The van der Waals surface area contributed by atoms with Crippen LogP contribution in [-0.4, -0.2) is 28.5 Å². The second-order valence-electron chi connectivity index (χ2n) is 6.40. The number of anilines is 1. The monoisotopic (exact) mass is 287 g/mol. The third kappa shape index (κ3) is 3.74. The second kappa shape index (κ2) is 6.92. The van der Waals surface area contributed by atoms with Gasteiger partial charge in [-0.25, -0.2) is 4.79 Å². The molecule has 2 aliphatic rings. The number of rotatable bonds is 3. The Hall–Kier alpha value is -1.58. The van der Waals surface area contributed by atoms with Crippen molar-refractivity contribution in [3.63, 3.8) is 0 Å². The topological polar surface area (TPSA) is 45.2 Å². The van der Waals surface area contributed by atoms with Gasteiger partial charge in [-0.15, -0.1) is 0 Å². The summed E-state index contributed by atoms with van der Waals surface area (Å²) in [6.07, 6.45) is 13.8. The van der Waals surface area contributed by atoms with Crippen LogP contribution in [0.4, 0.5) is 10.5 Å². The van der Waals surface area contributed by atoms with E-state index in [0.29, 0.717) is 6.04 Å². The van der Waals surface area contributed by atoms with Crippen LogP contribution in [0.5, 0.6) is 0 Å². The summed E-state index contributed by atoms with van der Waals surface area (Å²) in [5.74, 6) is 0.832. The molecule has 1 aromatic heterocycles. The lowest BCUT2D eigenvalue weighted by Crippen LogP contribution is -2.39. The highest BCUT2D eigenvalue weighted by Gasteiger charge is 2.31. The Balaban J connectivity index is 1.56. The third-order valence-corrected chi connectivity index (χ3v) is 4.90. The molecule has 114 valence electrons. The maximum atomic E-state index is 12.5. The van der Waals surface area contributed by atoms with E-state index in [4.69, 9.17) is 0 Å². The molecule has 21 heavy (non-hydrogen) atoms. The van der Waals surface area contributed by atoms with Crippen LogP contribution < -0.4 is 5.32 Å². The van der Waals surface area contributed by atoms with E-state index < -0.39 is 0 Å². The Labute approximate surface area is 126 Å². The van der Waals surface area contributed by atoms with E-state index in [1.54, 1.807) is 12.4 Å². The summed E-state index contributed by atoms with van der Waals surface area (Å²) in [5.41, 5.74) is 0.832. The highest BCUT2D eigenvalue weighted by Crippen LogP contribution is 2.32. The van der Waals surface area contributed by atoms with E-state index >= 15 is 0 Å². The second-order valence-corrected chi connectivity index (χ2v) is 6.40. The summed E-state index contributed by atoms with van der Waals surface area (Å²) in [5, 5.41) is 3.00. The summed E-state index contributed by atoms with van der Waals surface area (Å²) in [7, 11) is 0. The standard InChI is InChI=1S/C17H25N3O/c21-17(19-15-8-10-18-11-9-15)20-12-4-7-16(20)13-14-5-2-1-3-6-14/h8-11,14,16H,1-7,12-13H2,(H,18,19,21). The van der Waals surface area contributed by atoms with Gasteiger partial charge < -0.3 is 10.2 Å². The van der Waals surface area contributed by atoms with Crippen LogP contribution in [-0.2, 0) is 0 Å². The molecule has 3 rings (SSSR count). The van der Waals surface area contributed by atoms with E-state index in [1.807, 2.05) is 12.1 Å². The van der Waals surface area contributed by atoms with Gasteiger partial charge in [0.1, 0.15) is 0 Å². The maximum absolute atomic E-state index is 12.5. The van der Waals surface area contributed by atoms with Crippen molar-refractivity contribution >= 4 is 11.7 Å². The minimum Gasteiger partial charge on any atom is -0.322 e. The van der Waals surface area contributed by atoms with Crippen molar-refractivity contribution in [3.8, 4) is 0 Å². The number of urea groups is 1. The number of likely N-dealkylation sites (tertiary alicyclic amines) is 1. The zero-order valence-corrected chi connectivity index (χ0v) is 12.6. The summed E-state index contributed by atoms with van der Waals surface area (Å²) < 4.78 is 0. The molecule has 1 atom stereocenters. The molecule has 1 saturated carbocycles. The fourth-order valence-electron chi connectivity index (χ4n) is 3.79. The largest absolute Gasteiger partial charge is 0.322 e. The van der Waals surface area contributed by atoms with E-state index in [2.05, 4.69) is 15.2 Å². The molecule has 1 N–H and O–H groups in total. The van der Waals surface area contributed by atoms with Gasteiger partial charge in [-0.3, -0.25) is 4.98 Å². The lowest BCUT2D eigenvalue weighted by Gasteiger charge is -2.30. The van der Waals surface area contributed by atoms with Crippen molar-refractivity contribution < 1.29 is 4.79 Å². The molecule has 1 saturated heterocycles. The fourth-order valence-corrected chi connectivity index (χ4v) is 3.79. The Morgan fingerprint density at radius 2 is 1.90 bits per heavy atom. The predicted octanol–water partition coefficient (Wildman–Crippen LogP) is 4.05. The number of nitrogens with zero attached hydrogens (tertiary/aromatic N) is 2. The smallest absolute Gasteiger partial charge is 0.322 e. The minimum absolute atomic E-state index is 0.0551. The molecule has 2 heterocycles. The predicted molar refractivity (Wildman–Crippen MR) is 84.2 cm³/mol. The molecule has 4 nitrogen and oxygen atoms in total. The lowest BCUT2D eigenvalue weighted by atomic mass is 9.84. The number of nitrogens with one attached hydrogen (secondary N) is 1. The van der Waals surface area contributed by atoms with E-state index in [0.717, 1.165) is 24.6 Å². The van der Waals surface area contributed by atoms with Crippen LogP contribution >= 0.6 is 0 Å². The van der Waals surface area contributed by atoms with Crippen LogP contribution in [0.25, 0.3) is 0 Å². The van der Waals surface area contributed by atoms with E-state index in [1.165, 1.54) is 44.9 Å². The number of pyridine rings is 1. The van der Waals surface area contributed by atoms with Crippen molar-refractivity contribution in [1.82, 2.24) is 9.88 Å². The van der Waals surface area contributed by atoms with Gasteiger partial charge >= 0.3 is 6.03 Å². The van der Waals surface area contributed by atoms with Crippen molar-refractivity contribution in [2.75, 3.05) is 11.9 Å². The SMILES string of the molecule is O=C(Nc1ccncc1)N1CCCC1CC1CCCCC1. The van der Waals surface area contributed by atoms with Crippen LogP contribution in [0.1, 0.15) is 51.4 Å². The molecule has 1 aliphatic carbocycles. The summed E-state index contributed by atoms with van der Waals surface area (Å²) in [4.78, 5) is 18.5. The molecular formula is C17H25N3O. The molecular weight excluding hydrogens is 262 g/mol. The molecule has 2 fully saturated rings. The van der Waals surface area contributed by atoms with Gasteiger partial charge in [0.25, 0.3) is 0 Å². The average molecular weight is 287 g/mol. The molecule has 0 bridgehead atoms. The van der Waals surface area contributed by atoms with Crippen LogP contribution in [0.3, 0.4) is 0 Å². The van der Waals surface area contributed by atoms with Crippen LogP contribution in [0, 0.1) is 5.92 Å². The number of hydrogen-bond donors (Lipinski definition) is 1. The van der Waals surface area contributed by atoms with Gasteiger partial charge in [0.2, 0.25) is 0 Å². The van der Waals surface area contributed by atoms with E-state index in [9.17, 15) is 4.79 Å². The molecule has 4 heteroatoms. The fraction of sp³-hybridized carbons (Fsp3) is 0.647. The third-order valence-electron chi connectivity index (χ3n) is 4.90. The summed E-state index contributed by atoms with van der Waals surface area (Å²) in [6, 6.07) is 4.17. The Morgan fingerprint density at radius 1 is 1.14 bits per heavy atom. The van der Waals surface area contributed by atoms with Crippen molar-refractivity contribution in [1.29, 1.82) is 0 Å². The number of hydrogen-bond acceptors (Lipinski definition) is 2. The lowest BCUT2D eigenvalue weighted by molar-refractivity contribution is 0.190. The molecule has 0 spiro atoms. The number of amides is 2. The molecule has 2 amide bonds. The number of carbonyl (C=O) groups is 1. The summed E-state index contributed by atoms with van der Waals surface area (Å²) in [6.45, 7) is 0.897. The van der Waals surface area contributed by atoms with Gasteiger partial charge in [0.15, 0.2) is 0 Å². The van der Waals surface area contributed by atoms with Gasteiger partial charge in [0.05, 0.1) is 0 Å². The van der Waals surface area contributed by atoms with Crippen LogP contribution in [0.15, 0.2) is 24.5 Å². The molecule has 0 aromatic carbocycles. The van der Waals surface area contributed by atoms with Crippen molar-refractivity contribution in [2.45, 2.75) is 57.4 Å². The van der Waals surface area contributed by atoms with E-state index in [-0.39, 0.29) is 6.03 Å². The normalized spacial score (nSPS) is 23.2. The average Bonchev–Trinajstić information content (AvgIpc) is 2.97. The van der Waals surface area contributed by atoms with Gasteiger partial charge in [-0.05, 0) is 37.3 Å². The molecule has 0 radical (unpaired) electrons. The molecule has 1 aromatic rings. The Bertz CT molecular complexity index is 456. The van der Waals surface area contributed by atoms with Crippen LogP contribution in [0.2, 0.25) is 0 Å². The zero-order valence-electron chi connectivity index (χ0n) is 12.6. The highest BCUT2D eigenvalue weighted by atomic mass is 16.2. The van der Waals surface area contributed by atoms with Gasteiger partial charge in [0, 0.05) is 30.7 Å². The first-order chi connectivity index (χ1) is 10.3. The Morgan fingerprint density at radius 3 is 2.67 bits per heavy atom. The van der Waals surface area contributed by atoms with Gasteiger partial charge in [-0.1, -0.05) is 32.1 Å². The minimum atomic E-state index is 0.0551. The van der Waals surface area contributed by atoms with Gasteiger partial charge in [-0.2, -0.15) is 0 Å². The number of aromatic nitrogens is 1. The quantitative estimate of drug-likeness (QED) is 0.911.